The van der Waals surface area contributed by atoms with Gasteiger partial charge in [0, 0.05) is 12.8 Å². The summed E-state index contributed by atoms with van der Waals surface area (Å²) < 4.78 is 22.8. The van der Waals surface area contributed by atoms with E-state index in [1.165, 1.54) is 276 Å². The molecular weight excluding hydrogens is 923 g/mol. The fraction of sp³-hybridized carbons (Fsp3) is 0.954. The van der Waals surface area contributed by atoms with Gasteiger partial charge in [-0.1, -0.05) is 316 Å². The quantitative estimate of drug-likeness (QED) is 0.0256. The molecule has 9 nitrogen and oxygen atoms in total. The molecule has 0 bridgehead atoms. The van der Waals surface area contributed by atoms with Gasteiger partial charge in [-0.2, -0.15) is 0 Å². The molecule has 0 aliphatic rings. The Hall–Kier alpha value is -1.71. The number of carboxylic acid groups (broad SMARTS) is 1. The molecule has 0 aromatic carbocycles. The summed E-state index contributed by atoms with van der Waals surface area (Å²) in [6, 6.07) is 0. The number of hydrogen-bond donors (Lipinski definition) is 0. The van der Waals surface area contributed by atoms with Crippen molar-refractivity contribution in [1.29, 1.82) is 0 Å². The molecule has 0 fully saturated rings. The molecule has 0 N–H and O–H groups in total. The molecule has 2 unspecified atom stereocenters. The van der Waals surface area contributed by atoms with Gasteiger partial charge in [-0.15, -0.1) is 0 Å². The van der Waals surface area contributed by atoms with Crippen molar-refractivity contribution in [2.75, 3.05) is 47.5 Å². The van der Waals surface area contributed by atoms with E-state index in [2.05, 4.69) is 13.8 Å². The molecule has 2 atom stereocenters. The fourth-order valence-electron chi connectivity index (χ4n) is 10.1. The van der Waals surface area contributed by atoms with E-state index >= 15 is 0 Å². The molecule has 0 rings (SSSR count). The van der Waals surface area contributed by atoms with Crippen molar-refractivity contribution in [3.8, 4) is 0 Å². The summed E-state index contributed by atoms with van der Waals surface area (Å²) in [6.07, 6.45) is 63.3. The van der Waals surface area contributed by atoms with Crippen molar-refractivity contribution in [1.82, 2.24) is 0 Å². The van der Waals surface area contributed by atoms with E-state index in [1.807, 2.05) is 21.1 Å². The first kappa shape index (κ1) is 72.3. The van der Waals surface area contributed by atoms with E-state index in [0.29, 0.717) is 17.4 Å². The van der Waals surface area contributed by atoms with Crippen molar-refractivity contribution in [3.05, 3.63) is 0 Å². The number of carbonyl (C=O) groups is 3. The van der Waals surface area contributed by atoms with E-state index in [0.717, 1.165) is 38.5 Å². The first-order valence-electron chi connectivity index (χ1n) is 32.7. The van der Waals surface area contributed by atoms with Gasteiger partial charge >= 0.3 is 11.9 Å². The van der Waals surface area contributed by atoms with Crippen LogP contribution in [-0.4, -0.2) is 82.3 Å². The Bertz CT molecular complexity index is 1180. The van der Waals surface area contributed by atoms with Gasteiger partial charge in [0.1, 0.15) is 13.2 Å². The highest BCUT2D eigenvalue weighted by Crippen LogP contribution is 2.19. The van der Waals surface area contributed by atoms with Crippen LogP contribution in [0.4, 0.5) is 0 Å². The van der Waals surface area contributed by atoms with E-state index in [-0.39, 0.29) is 32.2 Å². The van der Waals surface area contributed by atoms with Gasteiger partial charge in [-0.05, 0) is 12.8 Å². The molecule has 0 aliphatic carbocycles. The predicted octanol–water partition coefficient (Wildman–Crippen LogP) is 18.2. The minimum Gasteiger partial charge on any atom is -0.545 e. The van der Waals surface area contributed by atoms with Crippen LogP contribution >= 0.6 is 0 Å². The number of ether oxygens (including phenoxy) is 4. The molecule has 0 aromatic heterocycles. The van der Waals surface area contributed by atoms with Crippen LogP contribution in [0.3, 0.4) is 0 Å². The number of carbonyl (C=O) groups excluding carboxylic acids is 3. The van der Waals surface area contributed by atoms with Crippen LogP contribution in [-0.2, 0) is 33.3 Å². The Morgan fingerprint density at radius 2 is 0.608 bits per heavy atom. The number of quaternary nitrogens is 1. The van der Waals surface area contributed by atoms with Gasteiger partial charge in [0.2, 0.25) is 0 Å². The Balaban J connectivity index is 4.00. The van der Waals surface area contributed by atoms with Crippen molar-refractivity contribution in [2.45, 2.75) is 354 Å². The van der Waals surface area contributed by atoms with Gasteiger partial charge in [0.15, 0.2) is 12.4 Å². The summed E-state index contributed by atoms with van der Waals surface area (Å²) in [7, 11) is 5.94. The standard InChI is InChI=1S/C65H127NO8/c1-6-8-10-12-14-16-18-20-22-24-25-26-27-28-29-30-31-32-33-34-35-36-37-38-39-40-42-44-46-48-50-52-54-56-63(68)74-61(60-73-65(64(69)70)71-58-57-66(3,4)5)59-72-62(67)55-53-51-49-47-45-43-41-23-21-19-17-15-13-11-9-7-2/h61,65H,6-60H2,1-5H3. The van der Waals surface area contributed by atoms with E-state index in [9.17, 15) is 19.5 Å². The highest BCUT2D eigenvalue weighted by atomic mass is 16.7. The highest BCUT2D eigenvalue weighted by molar-refractivity contribution is 5.70. The number of nitrogens with zero attached hydrogens (tertiary/aromatic N) is 1. The minimum absolute atomic E-state index is 0.153. The number of carboxylic acids is 1. The molecular formula is C65H127NO8. The minimum atomic E-state index is -1.61. The lowest BCUT2D eigenvalue weighted by atomic mass is 10.0. The maximum absolute atomic E-state index is 12.9. The van der Waals surface area contributed by atoms with Gasteiger partial charge < -0.3 is 33.3 Å². The molecule has 0 amide bonds. The summed E-state index contributed by atoms with van der Waals surface area (Å²) in [4.78, 5) is 37.3. The largest absolute Gasteiger partial charge is 0.545 e. The maximum atomic E-state index is 12.9. The molecule has 0 heterocycles. The fourth-order valence-corrected chi connectivity index (χ4v) is 10.1. The van der Waals surface area contributed by atoms with E-state index < -0.39 is 24.3 Å². The molecule has 0 saturated carbocycles. The number of likely N-dealkylation sites (N-methyl/N-ethyl adjacent to an activating group) is 1. The van der Waals surface area contributed by atoms with Crippen LogP contribution in [0, 0.1) is 0 Å². The monoisotopic (exact) mass is 1050 g/mol. The Morgan fingerprint density at radius 3 is 0.865 bits per heavy atom. The van der Waals surface area contributed by atoms with Crippen molar-refractivity contribution in [3.63, 3.8) is 0 Å². The van der Waals surface area contributed by atoms with Crippen molar-refractivity contribution in [2.24, 2.45) is 0 Å². The summed E-state index contributed by atoms with van der Waals surface area (Å²) in [5.74, 6) is -2.25. The van der Waals surface area contributed by atoms with Crippen molar-refractivity contribution >= 4 is 17.9 Å². The molecule has 0 aliphatic heterocycles. The number of aliphatic carboxylic acids is 1. The second-order valence-electron chi connectivity index (χ2n) is 23.8. The zero-order chi connectivity index (χ0) is 54.1. The van der Waals surface area contributed by atoms with Crippen LogP contribution in [0.5, 0.6) is 0 Å². The lowest BCUT2D eigenvalue weighted by molar-refractivity contribution is -0.870. The normalized spacial score (nSPS) is 12.6. The number of rotatable bonds is 62. The number of unbranched alkanes of at least 4 members (excludes halogenated alkanes) is 47. The third-order valence-electron chi connectivity index (χ3n) is 15.1. The zero-order valence-corrected chi connectivity index (χ0v) is 50.3. The number of hydrogen-bond acceptors (Lipinski definition) is 8. The summed E-state index contributed by atoms with van der Waals surface area (Å²) >= 11 is 0. The zero-order valence-electron chi connectivity index (χ0n) is 50.3. The summed E-state index contributed by atoms with van der Waals surface area (Å²) in [5.41, 5.74) is 0. The van der Waals surface area contributed by atoms with E-state index in [4.69, 9.17) is 18.9 Å². The average molecular weight is 1050 g/mol. The summed E-state index contributed by atoms with van der Waals surface area (Å²) in [5, 5.41) is 11.8. The van der Waals surface area contributed by atoms with Gasteiger partial charge in [-0.25, -0.2) is 0 Å². The lowest BCUT2D eigenvalue weighted by Crippen LogP contribution is -2.44. The molecule has 0 saturated heterocycles. The molecule has 74 heavy (non-hydrogen) atoms. The maximum Gasteiger partial charge on any atom is 0.306 e. The van der Waals surface area contributed by atoms with Gasteiger partial charge in [0.25, 0.3) is 0 Å². The molecule has 440 valence electrons. The Labute approximate surface area is 460 Å². The van der Waals surface area contributed by atoms with Gasteiger partial charge in [-0.3, -0.25) is 9.59 Å². The summed E-state index contributed by atoms with van der Waals surface area (Å²) in [6.45, 7) is 4.82. The van der Waals surface area contributed by atoms with Crippen LogP contribution in [0.25, 0.3) is 0 Å². The van der Waals surface area contributed by atoms with Crippen LogP contribution in [0.15, 0.2) is 0 Å². The second-order valence-corrected chi connectivity index (χ2v) is 23.8. The lowest BCUT2D eigenvalue weighted by Gasteiger charge is -2.26. The smallest absolute Gasteiger partial charge is 0.306 e. The first-order valence-corrected chi connectivity index (χ1v) is 32.7. The van der Waals surface area contributed by atoms with Crippen LogP contribution in [0.1, 0.15) is 341 Å². The van der Waals surface area contributed by atoms with Crippen molar-refractivity contribution < 1.29 is 42.9 Å². The predicted molar refractivity (Wildman–Crippen MR) is 311 cm³/mol. The van der Waals surface area contributed by atoms with Crippen LogP contribution < -0.4 is 5.11 Å². The topological polar surface area (TPSA) is 111 Å². The van der Waals surface area contributed by atoms with Crippen LogP contribution in [0.2, 0.25) is 0 Å². The molecule has 0 radical (unpaired) electrons. The Morgan fingerprint density at radius 1 is 0.351 bits per heavy atom. The van der Waals surface area contributed by atoms with E-state index in [1.54, 1.807) is 0 Å². The first-order chi connectivity index (χ1) is 36.1. The third-order valence-corrected chi connectivity index (χ3v) is 15.1. The number of esters is 2. The highest BCUT2D eigenvalue weighted by Gasteiger charge is 2.22. The third kappa shape index (κ3) is 58.0. The second kappa shape index (κ2) is 57.5. The average Bonchev–Trinajstić information content (AvgIpc) is 3.37. The SMILES string of the molecule is CCCCCCCCCCCCCCCCCCCCCCCCCCCCCCCCCCCC(=O)OC(COC(=O)CCCCCCCCCCCCCCCCCC)COC(OCC[N+](C)(C)C)C(=O)[O-]. The van der Waals surface area contributed by atoms with Gasteiger partial charge in [0.05, 0.1) is 40.3 Å². The molecule has 9 heteroatoms. The molecule has 0 aromatic rings. The molecule has 0 spiro atoms. The Kier molecular flexibility index (Phi) is 56.1.